The monoisotopic (exact) mass is 220 g/mol. The minimum Gasteiger partial charge on any atom is -0.373 e. The molecular formula is C12H16N2O2. The Kier molecular flexibility index (Phi) is 5.25. The van der Waals surface area contributed by atoms with Crippen LogP contribution in [-0.4, -0.2) is 12.5 Å². The van der Waals surface area contributed by atoms with E-state index in [4.69, 9.17) is 10.6 Å². The highest BCUT2D eigenvalue weighted by Crippen LogP contribution is 2.06. The standard InChI is InChI=1S/C12H16N2O2/c1-2-3-7-16-9-10-5-4-6-11(8-10)12(15)14-13/h2-6,8H,7,9,13H2,1H3,(H,14,15). The number of hydrogen-bond donors (Lipinski definition) is 2. The number of nitrogen functional groups attached to an aromatic ring is 1. The van der Waals surface area contributed by atoms with E-state index in [0.717, 1.165) is 5.56 Å². The van der Waals surface area contributed by atoms with Gasteiger partial charge in [-0.05, 0) is 24.6 Å². The third-order valence-electron chi connectivity index (χ3n) is 2.04. The Morgan fingerprint density at radius 2 is 2.38 bits per heavy atom. The lowest BCUT2D eigenvalue weighted by Crippen LogP contribution is -2.29. The highest BCUT2D eigenvalue weighted by atomic mass is 16.5. The van der Waals surface area contributed by atoms with E-state index in [9.17, 15) is 4.79 Å². The number of nitrogens with two attached hydrogens (primary N) is 1. The number of hydrazine groups is 1. The largest absolute Gasteiger partial charge is 0.373 e. The van der Waals surface area contributed by atoms with Crippen LogP contribution in [0.4, 0.5) is 0 Å². The number of rotatable bonds is 5. The molecule has 0 atom stereocenters. The summed E-state index contributed by atoms with van der Waals surface area (Å²) in [5.41, 5.74) is 3.58. The number of benzene rings is 1. The zero-order chi connectivity index (χ0) is 11.8. The number of allylic oxidation sites excluding steroid dienone is 1. The normalized spacial score (nSPS) is 10.6. The summed E-state index contributed by atoms with van der Waals surface area (Å²) in [5, 5.41) is 0. The molecule has 0 spiro atoms. The predicted octanol–water partition coefficient (Wildman–Crippen LogP) is 1.38. The van der Waals surface area contributed by atoms with Crippen molar-refractivity contribution in [3.05, 3.63) is 47.5 Å². The number of amides is 1. The van der Waals surface area contributed by atoms with Crippen molar-refractivity contribution in [1.29, 1.82) is 0 Å². The number of ether oxygens (including phenoxy) is 1. The fourth-order valence-corrected chi connectivity index (χ4v) is 1.23. The van der Waals surface area contributed by atoms with Gasteiger partial charge in [-0.1, -0.05) is 24.3 Å². The molecule has 0 heterocycles. The topological polar surface area (TPSA) is 64.3 Å². The summed E-state index contributed by atoms with van der Waals surface area (Å²) in [7, 11) is 0. The van der Waals surface area contributed by atoms with Crippen molar-refractivity contribution in [3.63, 3.8) is 0 Å². The average molecular weight is 220 g/mol. The van der Waals surface area contributed by atoms with Gasteiger partial charge in [-0.15, -0.1) is 0 Å². The fourth-order valence-electron chi connectivity index (χ4n) is 1.23. The van der Waals surface area contributed by atoms with E-state index in [1.165, 1.54) is 0 Å². The van der Waals surface area contributed by atoms with Crippen LogP contribution >= 0.6 is 0 Å². The van der Waals surface area contributed by atoms with Gasteiger partial charge in [0.25, 0.3) is 5.91 Å². The fraction of sp³-hybridized carbons (Fsp3) is 0.250. The Balaban J connectivity index is 2.57. The van der Waals surface area contributed by atoms with Crippen molar-refractivity contribution in [1.82, 2.24) is 5.43 Å². The van der Waals surface area contributed by atoms with Crippen molar-refractivity contribution >= 4 is 5.91 Å². The van der Waals surface area contributed by atoms with Crippen molar-refractivity contribution in [2.24, 2.45) is 5.84 Å². The third-order valence-corrected chi connectivity index (χ3v) is 2.04. The van der Waals surface area contributed by atoms with Crippen LogP contribution in [0.1, 0.15) is 22.8 Å². The minimum absolute atomic E-state index is 0.296. The first-order chi connectivity index (χ1) is 7.77. The lowest BCUT2D eigenvalue weighted by Gasteiger charge is -2.04. The number of nitrogens with one attached hydrogen (secondary N) is 1. The van der Waals surface area contributed by atoms with Crippen molar-refractivity contribution in [2.45, 2.75) is 13.5 Å². The second kappa shape index (κ2) is 6.76. The molecule has 0 aliphatic heterocycles. The second-order valence-electron chi connectivity index (χ2n) is 3.26. The molecule has 0 bridgehead atoms. The summed E-state index contributed by atoms with van der Waals surface area (Å²) < 4.78 is 5.38. The molecule has 1 rings (SSSR count). The molecule has 0 unspecified atom stereocenters. The van der Waals surface area contributed by atoms with Crippen LogP contribution in [-0.2, 0) is 11.3 Å². The maximum absolute atomic E-state index is 11.3. The third kappa shape index (κ3) is 3.84. The van der Waals surface area contributed by atoms with Crippen LogP contribution < -0.4 is 11.3 Å². The molecule has 0 saturated heterocycles. The molecule has 4 heteroatoms. The highest BCUT2D eigenvalue weighted by Gasteiger charge is 2.03. The van der Waals surface area contributed by atoms with Gasteiger partial charge in [0.15, 0.2) is 0 Å². The van der Waals surface area contributed by atoms with Crippen LogP contribution in [0.2, 0.25) is 0 Å². The first-order valence-corrected chi connectivity index (χ1v) is 5.06. The Bertz CT molecular complexity index is 375. The van der Waals surface area contributed by atoms with E-state index in [0.29, 0.717) is 18.8 Å². The molecule has 86 valence electrons. The van der Waals surface area contributed by atoms with Crippen molar-refractivity contribution in [3.8, 4) is 0 Å². The van der Waals surface area contributed by atoms with Crippen molar-refractivity contribution in [2.75, 3.05) is 6.61 Å². The number of carbonyl (C=O) groups is 1. The van der Waals surface area contributed by atoms with Gasteiger partial charge in [-0.3, -0.25) is 10.2 Å². The highest BCUT2D eigenvalue weighted by molar-refractivity contribution is 5.93. The van der Waals surface area contributed by atoms with E-state index >= 15 is 0 Å². The van der Waals surface area contributed by atoms with Gasteiger partial charge in [0.1, 0.15) is 0 Å². The van der Waals surface area contributed by atoms with E-state index in [1.807, 2.05) is 25.1 Å². The second-order valence-corrected chi connectivity index (χ2v) is 3.26. The lowest BCUT2D eigenvalue weighted by molar-refractivity contribution is 0.0953. The molecule has 0 aromatic heterocycles. The molecule has 1 aromatic carbocycles. The van der Waals surface area contributed by atoms with Crippen LogP contribution in [0.15, 0.2) is 36.4 Å². The summed E-state index contributed by atoms with van der Waals surface area (Å²) >= 11 is 0. The van der Waals surface area contributed by atoms with E-state index < -0.39 is 0 Å². The number of hydrogen-bond acceptors (Lipinski definition) is 3. The summed E-state index contributed by atoms with van der Waals surface area (Å²) in [6.45, 7) is 3.00. The molecule has 16 heavy (non-hydrogen) atoms. The van der Waals surface area contributed by atoms with Crippen LogP contribution in [0.3, 0.4) is 0 Å². The van der Waals surface area contributed by atoms with Gasteiger partial charge in [-0.25, -0.2) is 5.84 Å². The molecule has 1 aromatic rings. The smallest absolute Gasteiger partial charge is 0.265 e. The summed E-state index contributed by atoms with van der Waals surface area (Å²) in [6.07, 6.45) is 3.86. The van der Waals surface area contributed by atoms with Crippen LogP contribution in [0.5, 0.6) is 0 Å². The maximum atomic E-state index is 11.3. The first-order valence-electron chi connectivity index (χ1n) is 5.06. The number of carbonyl (C=O) groups excluding carboxylic acids is 1. The lowest BCUT2D eigenvalue weighted by atomic mass is 10.1. The van der Waals surface area contributed by atoms with Gasteiger partial charge in [0.2, 0.25) is 0 Å². The van der Waals surface area contributed by atoms with Gasteiger partial charge in [0.05, 0.1) is 13.2 Å². The Morgan fingerprint density at radius 3 is 3.06 bits per heavy atom. The zero-order valence-electron chi connectivity index (χ0n) is 9.27. The maximum Gasteiger partial charge on any atom is 0.265 e. The molecule has 4 nitrogen and oxygen atoms in total. The molecule has 0 saturated carbocycles. The molecule has 0 aliphatic carbocycles. The Labute approximate surface area is 95.1 Å². The van der Waals surface area contributed by atoms with Gasteiger partial charge in [0, 0.05) is 5.56 Å². The Hall–Kier alpha value is -1.65. The molecule has 0 aliphatic rings. The molecular weight excluding hydrogens is 204 g/mol. The summed E-state index contributed by atoms with van der Waals surface area (Å²) in [5.74, 6) is 4.76. The van der Waals surface area contributed by atoms with E-state index in [2.05, 4.69) is 5.43 Å². The molecule has 0 radical (unpaired) electrons. The quantitative estimate of drug-likeness (QED) is 0.259. The first kappa shape index (κ1) is 12.4. The SMILES string of the molecule is CC=CCOCc1cccc(C(=O)NN)c1. The minimum atomic E-state index is -0.296. The molecule has 3 N–H and O–H groups in total. The van der Waals surface area contributed by atoms with Crippen LogP contribution in [0.25, 0.3) is 0 Å². The molecule has 1 amide bonds. The van der Waals surface area contributed by atoms with Gasteiger partial charge in [-0.2, -0.15) is 0 Å². The zero-order valence-corrected chi connectivity index (χ0v) is 9.27. The van der Waals surface area contributed by atoms with Gasteiger partial charge < -0.3 is 4.74 Å². The van der Waals surface area contributed by atoms with E-state index in [1.54, 1.807) is 18.2 Å². The van der Waals surface area contributed by atoms with Gasteiger partial charge >= 0.3 is 0 Å². The Morgan fingerprint density at radius 1 is 1.56 bits per heavy atom. The van der Waals surface area contributed by atoms with Crippen molar-refractivity contribution < 1.29 is 9.53 Å². The average Bonchev–Trinajstić information content (AvgIpc) is 2.34. The summed E-state index contributed by atoms with van der Waals surface area (Å²) in [6, 6.07) is 7.18. The summed E-state index contributed by atoms with van der Waals surface area (Å²) in [4.78, 5) is 11.3. The van der Waals surface area contributed by atoms with E-state index in [-0.39, 0.29) is 5.91 Å². The van der Waals surface area contributed by atoms with Crippen LogP contribution in [0, 0.1) is 0 Å². The predicted molar refractivity (Wildman–Crippen MR) is 62.6 cm³/mol. The molecule has 0 fully saturated rings.